The fourth-order valence-electron chi connectivity index (χ4n) is 1.22. The van der Waals surface area contributed by atoms with Gasteiger partial charge in [0.1, 0.15) is 6.33 Å². The molecule has 2 aromatic heterocycles. The molecule has 0 spiro atoms. The lowest BCUT2D eigenvalue weighted by molar-refractivity contribution is -0.383. The number of nitrogens with two attached hydrogens (primary N) is 1. The van der Waals surface area contributed by atoms with Crippen molar-refractivity contribution in [2.24, 2.45) is 5.84 Å². The van der Waals surface area contributed by atoms with Gasteiger partial charge in [-0.2, -0.15) is 11.3 Å². The normalized spacial score (nSPS) is 9.94. The third-order valence-electron chi connectivity index (χ3n) is 1.93. The van der Waals surface area contributed by atoms with Gasteiger partial charge in [0.2, 0.25) is 11.6 Å². The van der Waals surface area contributed by atoms with Crippen LogP contribution in [0.2, 0.25) is 0 Å². The molecule has 4 N–H and O–H groups in total. The molecule has 17 heavy (non-hydrogen) atoms. The molecule has 2 heterocycles. The Labute approximate surface area is 99.6 Å². The van der Waals surface area contributed by atoms with E-state index in [4.69, 9.17) is 5.84 Å². The first-order valence-corrected chi connectivity index (χ1v) is 5.42. The van der Waals surface area contributed by atoms with Crippen LogP contribution in [0.15, 0.2) is 23.2 Å². The standard InChI is InChI=1S/C8H8N6O2S/c9-13-8-6(14(15)16)7(10-4-11-8)12-5-1-2-17-3-5/h1-4H,9H2,(H2,10,11,12,13). The first-order valence-electron chi connectivity index (χ1n) is 4.47. The summed E-state index contributed by atoms with van der Waals surface area (Å²) in [4.78, 5) is 17.8. The molecule has 8 nitrogen and oxygen atoms in total. The van der Waals surface area contributed by atoms with Crippen LogP contribution in [0.4, 0.5) is 23.0 Å². The summed E-state index contributed by atoms with van der Waals surface area (Å²) in [5.74, 6) is 5.21. The molecule has 0 aromatic carbocycles. The Kier molecular flexibility index (Phi) is 3.12. The summed E-state index contributed by atoms with van der Waals surface area (Å²) in [7, 11) is 0. The van der Waals surface area contributed by atoms with Crippen LogP contribution in [0, 0.1) is 10.1 Å². The van der Waals surface area contributed by atoms with Crippen LogP contribution < -0.4 is 16.6 Å². The summed E-state index contributed by atoms with van der Waals surface area (Å²) in [6, 6.07) is 1.78. The van der Waals surface area contributed by atoms with Crippen LogP contribution in [0.3, 0.4) is 0 Å². The summed E-state index contributed by atoms with van der Waals surface area (Å²) >= 11 is 1.47. The number of rotatable bonds is 4. The molecule has 0 atom stereocenters. The molecule has 0 unspecified atom stereocenters. The number of nitrogens with one attached hydrogen (secondary N) is 2. The molecule has 0 aliphatic heterocycles. The number of nitrogen functional groups attached to an aromatic ring is 1. The number of thiophene rings is 1. The van der Waals surface area contributed by atoms with E-state index in [-0.39, 0.29) is 17.3 Å². The molecule has 0 saturated carbocycles. The van der Waals surface area contributed by atoms with E-state index in [1.807, 2.05) is 5.38 Å². The van der Waals surface area contributed by atoms with Gasteiger partial charge in [-0.15, -0.1) is 0 Å². The van der Waals surface area contributed by atoms with Gasteiger partial charge in [0.05, 0.1) is 10.6 Å². The second-order valence-corrected chi connectivity index (χ2v) is 3.74. The lowest BCUT2D eigenvalue weighted by Crippen LogP contribution is -2.12. The smallest absolute Gasteiger partial charge is 0.334 e. The van der Waals surface area contributed by atoms with Gasteiger partial charge < -0.3 is 10.7 Å². The molecule has 0 bridgehead atoms. The Balaban J connectivity index is 2.42. The number of hydrogen-bond donors (Lipinski definition) is 3. The predicted octanol–water partition coefficient (Wildman–Crippen LogP) is 1.48. The van der Waals surface area contributed by atoms with Gasteiger partial charge in [0.25, 0.3) is 0 Å². The van der Waals surface area contributed by atoms with Crippen LogP contribution in [0.5, 0.6) is 0 Å². The Hall–Kier alpha value is -2.26. The van der Waals surface area contributed by atoms with E-state index >= 15 is 0 Å². The average molecular weight is 252 g/mol. The van der Waals surface area contributed by atoms with Gasteiger partial charge in [-0.05, 0) is 11.4 Å². The number of nitro groups is 1. The van der Waals surface area contributed by atoms with E-state index in [1.165, 1.54) is 17.7 Å². The van der Waals surface area contributed by atoms with E-state index in [1.54, 1.807) is 11.4 Å². The molecular formula is C8H8N6O2S. The number of hydrazine groups is 1. The minimum atomic E-state index is -0.593. The number of nitrogens with zero attached hydrogens (tertiary/aromatic N) is 3. The highest BCUT2D eigenvalue weighted by Crippen LogP contribution is 2.30. The highest BCUT2D eigenvalue weighted by molar-refractivity contribution is 7.08. The Morgan fingerprint density at radius 1 is 1.41 bits per heavy atom. The van der Waals surface area contributed by atoms with Crippen molar-refractivity contribution < 1.29 is 4.92 Å². The van der Waals surface area contributed by atoms with Crippen molar-refractivity contribution in [2.45, 2.75) is 0 Å². The van der Waals surface area contributed by atoms with Crippen molar-refractivity contribution >= 4 is 34.3 Å². The first kappa shape index (κ1) is 11.2. The maximum atomic E-state index is 10.9. The zero-order chi connectivity index (χ0) is 12.3. The largest absolute Gasteiger partial charge is 0.354 e. The van der Waals surface area contributed by atoms with Gasteiger partial charge in [0, 0.05) is 5.38 Å². The molecule has 0 aliphatic rings. The zero-order valence-electron chi connectivity index (χ0n) is 8.45. The molecule has 2 aromatic rings. The Bertz CT molecular complexity index is 529. The fraction of sp³-hybridized carbons (Fsp3) is 0. The summed E-state index contributed by atoms with van der Waals surface area (Å²) in [6.07, 6.45) is 1.19. The average Bonchev–Trinajstić information content (AvgIpc) is 2.81. The second kappa shape index (κ2) is 4.72. The van der Waals surface area contributed by atoms with E-state index in [0.29, 0.717) is 0 Å². The first-order chi connectivity index (χ1) is 8.22. The lowest BCUT2D eigenvalue weighted by atomic mass is 10.4. The monoisotopic (exact) mass is 252 g/mol. The van der Waals surface area contributed by atoms with Crippen molar-refractivity contribution in [2.75, 3.05) is 10.7 Å². The zero-order valence-corrected chi connectivity index (χ0v) is 9.27. The van der Waals surface area contributed by atoms with Crippen LogP contribution in [-0.4, -0.2) is 14.9 Å². The Morgan fingerprint density at radius 2 is 2.18 bits per heavy atom. The summed E-state index contributed by atoms with van der Waals surface area (Å²) in [5.41, 5.74) is 2.60. The number of anilines is 3. The summed E-state index contributed by atoms with van der Waals surface area (Å²) in [5, 5.41) is 17.4. The minimum absolute atomic E-state index is 0.0391. The van der Waals surface area contributed by atoms with Crippen molar-refractivity contribution in [3.05, 3.63) is 33.3 Å². The molecule has 0 saturated heterocycles. The van der Waals surface area contributed by atoms with Crippen molar-refractivity contribution in [3.63, 3.8) is 0 Å². The van der Waals surface area contributed by atoms with Crippen molar-refractivity contribution in [1.82, 2.24) is 9.97 Å². The lowest BCUT2D eigenvalue weighted by Gasteiger charge is -2.06. The third-order valence-corrected chi connectivity index (χ3v) is 2.61. The molecule has 0 fully saturated rings. The van der Waals surface area contributed by atoms with E-state index in [2.05, 4.69) is 20.7 Å². The van der Waals surface area contributed by atoms with Gasteiger partial charge in [-0.3, -0.25) is 10.1 Å². The van der Waals surface area contributed by atoms with E-state index < -0.39 is 4.92 Å². The van der Waals surface area contributed by atoms with Crippen LogP contribution >= 0.6 is 11.3 Å². The maximum Gasteiger partial charge on any atom is 0.354 e. The molecule has 0 radical (unpaired) electrons. The summed E-state index contributed by atoms with van der Waals surface area (Å²) < 4.78 is 0. The molecule has 9 heteroatoms. The highest BCUT2D eigenvalue weighted by atomic mass is 32.1. The summed E-state index contributed by atoms with van der Waals surface area (Å²) in [6.45, 7) is 0. The molecule has 0 aliphatic carbocycles. The number of aromatic nitrogens is 2. The van der Waals surface area contributed by atoms with Crippen LogP contribution in [0.25, 0.3) is 0 Å². The van der Waals surface area contributed by atoms with Gasteiger partial charge >= 0.3 is 5.69 Å². The van der Waals surface area contributed by atoms with Gasteiger partial charge in [0.15, 0.2) is 0 Å². The van der Waals surface area contributed by atoms with Crippen molar-refractivity contribution in [1.29, 1.82) is 0 Å². The minimum Gasteiger partial charge on any atom is -0.334 e. The predicted molar refractivity (Wildman–Crippen MR) is 64.1 cm³/mol. The topological polar surface area (TPSA) is 119 Å². The molecule has 0 amide bonds. The second-order valence-electron chi connectivity index (χ2n) is 2.96. The van der Waals surface area contributed by atoms with Crippen molar-refractivity contribution in [3.8, 4) is 0 Å². The molecule has 2 rings (SSSR count). The molecule has 88 valence electrons. The fourth-order valence-corrected chi connectivity index (χ4v) is 1.81. The SMILES string of the molecule is NNc1ncnc(Nc2ccsc2)c1[N+](=O)[O-]. The Morgan fingerprint density at radius 3 is 2.76 bits per heavy atom. The maximum absolute atomic E-state index is 10.9. The van der Waals surface area contributed by atoms with E-state index in [0.717, 1.165) is 5.69 Å². The quantitative estimate of drug-likeness (QED) is 0.428. The highest BCUT2D eigenvalue weighted by Gasteiger charge is 2.22. The molecular weight excluding hydrogens is 244 g/mol. The third kappa shape index (κ3) is 2.29. The van der Waals surface area contributed by atoms with Crippen LogP contribution in [-0.2, 0) is 0 Å². The van der Waals surface area contributed by atoms with E-state index in [9.17, 15) is 10.1 Å². The van der Waals surface area contributed by atoms with Gasteiger partial charge in [-0.25, -0.2) is 15.8 Å². The van der Waals surface area contributed by atoms with Crippen LogP contribution in [0.1, 0.15) is 0 Å². The number of hydrogen-bond acceptors (Lipinski definition) is 8. The van der Waals surface area contributed by atoms with Gasteiger partial charge in [-0.1, -0.05) is 0 Å².